The van der Waals surface area contributed by atoms with Gasteiger partial charge in [0.15, 0.2) is 5.82 Å². The lowest BCUT2D eigenvalue weighted by Gasteiger charge is -2.19. The molecule has 1 heterocycles. The average molecular weight is 476 g/mol. The van der Waals surface area contributed by atoms with Crippen molar-refractivity contribution in [3.8, 4) is 11.4 Å². The van der Waals surface area contributed by atoms with Gasteiger partial charge in [0.25, 0.3) is 10.0 Å². The van der Waals surface area contributed by atoms with Gasteiger partial charge >= 0.3 is 0 Å². The van der Waals surface area contributed by atoms with Crippen LogP contribution in [0.3, 0.4) is 0 Å². The molecule has 3 aromatic rings. The second-order valence-corrected chi connectivity index (χ2v) is 11.2. The molecule has 0 aliphatic carbocycles. The molecule has 1 aromatic heterocycles. The van der Waals surface area contributed by atoms with E-state index in [1.165, 1.54) is 0 Å². The van der Waals surface area contributed by atoms with Crippen LogP contribution in [0.25, 0.3) is 11.4 Å². The number of rotatable bonds is 7. The van der Waals surface area contributed by atoms with Crippen molar-refractivity contribution in [2.45, 2.75) is 44.6 Å². The number of likely N-dealkylation sites (N-methyl/N-ethyl adjacent to an activating group) is 1. The molecular formula is C23H30ClN5O2S. The number of aryl methyl sites for hydroxylation is 1. The first kappa shape index (κ1) is 24.2. The molecule has 0 fully saturated rings. The zero-order chi connectivity index (χ0) is 23.7. The summed E-state index contributed by atoms with van der Waals surface area (Å²) < 4.78 is 31.0. The van der Waals surface area contributed by atoms with Crippen molar-refractivity contribution in [1.29, 1.82) is 0 Å². The summed E-state index contributed by atoms with van der Waals surface area (Å²) >= 11 is 6.26. The lowest BCUT2D eigenvalue weighted by atomic mass is 9.87. The molecule has 9 heteroatoms. The summed E-state index contributed by atoms with van der Waals surface area (Å²) in [5.74, 6) is 1.31. The van der Waals surface area contributed by atoms with E-state index in [1.54, 1.807) is 30.3 Å². The maximum atomic E-state index is 13.1. The van der Waals surface area contributed by atoms with Gasteiger partial charge in [-0.2, -0.15) is 0 Å². The van der Waals surface area contributed by atoms with Crippen molar-refractivity contribution in [2.24, 2.45) is 0 Å². The van der Waals surface area contributed by atoms with Gasteiger partial charge in [0.1, 0.15) is 5.82 Å². The van der Waals surface area contributed by atoms with Gasteiger partial charge < -0.3 is 9.47 Å². The number of hydrogen-bond donors (Lipinski definition) is 1. The van der Waals surface area contributed by atoms with Crippen molar-refractivity contribution in [3.63, 3.8) is 0 Å². The summed E-state index contributed by atoms with van der Waals surface area (Å²) in [6, 6.07) is 12.0. The highest BCUT2D eigenvalue weighted by Gasteiger charge is 2.21. The van der Waals surface area contributed by atoms with E-state index in [0.717, 1.165) is 17.9 Å². The van der Waals surface area contributed by atoms with Crippen LogP contribution in [0.15, 0.2) is 47.4 Å². The lowest BCUT2D eigenvalue weighted by Crippen LogP contribution is -2.20. The van der Waals surface area contributed by atoms with Crippen molar-refractivity contribution in [1.82, 2.24) is 19.7 Å². The average Bonchev–Trinajstić information content (AvgIpc) is 3.07. The Labute approximate surface area is 195 Å². The molecule has 0 atom stereocenters. The molecule has 3 rings (SSSR count). The van der Waals surface area contributed by atoms with Crippen LogP contribution in [0.5, 0.6) is 0 Å². The second-order valence-electron chi connectivity index (χ2n) is 9.10. The molecule has 0 saturated carbocycles. The Morgan fingerprint density at radius 2 is 1.72 bits per heavy atom. The van der Waals surface area contributed by atoms with Crippen LogP contribution in [0.2, 0.25) is 5.02 Å². The van der Waals surface area contributed by atoms with Gasteiger partial charge in [0.2, 0.25) is 0 Å². The summed E-state index contributed by atoms with van der Waals surface area (Å²) in [4.78, 5) is 2.25. The zero-order valence-electron chi connectivity index (χ0n) is 19.3. The molecule has 172 valence electrons. The number of halogens is 1. The van der Waals surface area contributed by atoms with E-state index in [9.17, 15) is 8.42 Å². The van der Waals surface area contributed by atoms with Gasteiger partial charge in [-0.3, -0.25) is 4.72 Å². The van der Waals surface area contributed by atoms with Crippen LogP contribution in [0, 0.1) is 6.92 Å². The number of anilines is 1. The number of nitrogens with zero attached hydrogens (tertiary/aromatic N) is 4. The fourth-order valence-corrected chi connectivity index (χ4v) is 4.53. The Balaban J connectivity index is 1.99. The Bertz CT molecular complexity index is 1200. The van der Waals surface area contributed by atoms with Gasteiger partial charge in [-0.05, 0) is 62.3 Å². The van der Waals surface area contributed by atoms with Crippen LogP contribution >= 0.6 is 11.6 Å². The number of nitrogens with one attached hydrogen (secondary N) is 1. The molecule has 1 N–H and O–H groups in total. The highest BCUT2D eigenvalue weighted by molar-refractivity contribution is 7.92. The van der Waals surface area contributed by atoms with Crippen molar-refractivity contribution >= 4 is 27.3 Å². The predicted molar refractivity (Wildman–Crippen MR) is 130 cm³/mol. The van der Waals surface area contributed by atoms with Gasteiger partial charge in [-0.1, -0.05) is 44.5 Å². The van der Waals surface area contributed by atoms with Crippen molar-refractivity contribution < 1.29 is 8.42 Å². The predicted octanol–water partition coefficient (Wildman–Crippen LogP) is 4.57. The smallest absolute Gasteiger partial charge is 0.261 e. The molecule has 0 radical (unpaired) electrons. The third-order valence-electron chi connectivity index (χ3n) is 5.20. The Morgan fingerprint density at radius 1 is 1.06 bits per heavy atom. The summed E-state index contributed by atoms with van der Waals surface area (Å²) in [5, 5.41) is 8.99. The first-order valence-electron chi connectivity index (χ1n) is 10.4. The zero-order valence-corrected chi connectivity index (χ0v) is 20.9. The van der Waals surface area contributed by atoms with Crippen LogP contribution < -0.4 is 4.72 Å². The molecule has 0 spiro atoms. The lowest BCUT2D eigenvalue weighted by molar-refractivity contribution is 0.382. The number of hydrogen-bond acceptors (Lipinski definition) is 5. The molecule has 7 nitrogen and oxygen atoms in total. The van der Waals surface area contributed by atoms with Crippen LogP contribution in [0.1, 0.15) is 32.2 Å². The van der Waals surface area contributed by atoms with Gasteiger partial charge in [-0.15, -0.1) is 10.2 Å². The normalized spacial score (nSPS) is 12.4. The van der Waals surface area contributed by atoms with Crippen LogP contribution in [-0.4, -0.2) is 48.7 Å². The molecule has 32 heavy (non-hydrogen) atoms. The Kier molecular flexibility index (Phi) is 6.97. The topological polar surface area (TPSA) is 80.1 Å². The fourth-order valence-electron chi connectivity index (χ4n) is 3.28. The standard InChI is InChI=1S/C23H30ClN5O2S/c1-16-25-26-22(29(16)14-13-28(5)6)20-15-18(24)9-12-21(20)27-32(30,31)19-10-7-17(8-11-19)23(2,3)4/h7-12,15,27H,13-14H2,1-6H3. The van der Waals surface area contributed by atoms with E-state index in [0.29, 0.717) is 28.6 Å². The van der Waals surface area contributed by atoms with E-state index in [1.807, 2.05) is 37.7 Å². The quantitative estimate of drug-likeness (QED) is 0.541. The molecule has 0 bridgehead atoms. The summed E-state index contributed by atoms with van der Waals surface area (Å²) in [5.41, 5.74) is 1.97. The monoisotopic (exact) mass is 475 g/mol. The minimum absolute atomic E-state index is 0.0619. The molecule has 0 aliphatic heterocycles. The van der Waals surface area contributed by atoms with Crippen molar-refractivity contribution in [2.75, 3.05) is 25.4 Å². The van der Waals surface area contributed by atoms with E-state index < -0.39 is 10.0 Å². The van der Waals surface area contributed by atoms with Gasteiger partial charge in [0, 0.05) is 23.7 Å². The molecule has 0 amide bonds. The fraction of sp³-hybridized carbons (Fsp3) is 0.391. The Hall–Kier alpha value is -2.42. The first-order chi connectivity index (χ1) is 14.9. The largest absolute Gasteiger partial charge is 0.310 e. The summed E-state index contributed by atoms with van der Waals surface area (Å²) in [7, 11) is 0.169. The van der Waals surface area contributed by atoms with Crippen molar-refractivity contribution in [3.05, 3.63) is 58.9 Å². The summed E-state index contributed by atoms with van der Waals surface area (Å²) in [6.07, 6.45) is 0. The van der Waals surface area contributed by atoms with E-state index in [-0.39, 0.29) is 10.3 Å². The van der Waals surface area contributed by atoms with E-state index >= 15 is 0 Å². The van der Waals surface area contributed by atoms with Gasteiger partial charge in [-0.25, -0.2) is 8.42 Å². The molecule has 0 aliphatic rings. The maximum absolute atomic E-state index is 13.1. The minimum atomic E-state index is -3.81. The summed E-state index contributed by atoms with van der Waals surface area (Å²) in [6.45, 7) is 9.58. The van der Waals surface area contributed by atoms with Crippen LogP contribution in [-0.2, 0) is 22.0 Å². The SMILES string of the molecule is Cc1nnc(-c2cc(Cl)ccc2NS(=O)(=O)c2ccc(C(C)(C)C)cc2)n1CCN(C)C. The minimum Gasteiger partial charge on any atom is -0.310 e. The number of aromatic nitrogens is 3. The third-order valence-corrected chi connectivity index (χ3v) is 6.82. The number of sulfonamides is 1. The molecule has 0 saturated heterocycles. The third kappa shape index (κ3) is 5.49. The number of benzene rings is 2. The van der Waals surface area contributed by atoms with Gasteiger partial charge in [0.05, 0.1) is 10.6 Å². The highest BCUT2D eigenvalue weighted by Crippen LogP contribution is 2.32. The maximum Gasteiger partial charge on any atom is 0.261 e. The first-order valence-corrected chi connectivity index (χ1v) is 12.2. The highest BCUT2D eigenvalue weighted by atomic mass is 35.5. The molecule has 0 unspecified atom stereocenters. The van der Waals surface area contributed by atoms with E-state index in [4.69, 9.17) is 11.6 Å². The molecule has 2 aromatic carbocycles. The van der Waals surface area contributed by atoms with E-state index in [2.05, 4.69) is 40.6 Å². The second kappa shape index (κ2) is 9.21. The molecular weight excluding hydrogens is 446 g/mol. The Morgan fingerprint density at radius 3 is 2.31 bits per heavy atom. The van der Waals surface area contributed by atoms with Crippen LogP contribution in [0.4, 0.5) is 5.69 Å².